The highest BCUT2D eigenvalue weighted by atomic mass is 16.7. The molecule has 1 aliphatic heterocycles. The van der Waals surface area contributed by atoms with Gasteiger partial charge in [0.1, 0.15) is 18.0 Å². The smallest absolute Gasteiger partial charge is 0.235 e. The highest BCUT2D eigenvalue weighted by Gasteiger charge is 2.21. The van der Waals surface area contributed by atoms with Crippen LogP contribution >= 0.6 is 0 Å². The lowest BCUT2D eigenvalue weighted by Crippen LogP contribution is -2.13. The Bertz CT molecular complexity index is 1450. The summed E-state index contributed by atoms with van der Waals surface area (Å²) in [6.07, 6.45) is 0.484. The van der Waals surface area contributed by atoms with E-state index in [0.717, 1.165) is 5.56 Å². The monoisotopic (exact) mass is 472 g/mol. The first-order valence-corrected chi connectivity index (χ1v) is 11.1. The topological polar surface area (TPSA) is 106 Å². The Kier molecular flexibility index (Phi) is 6.36. The van der Waals surface area contributed by atoms with Crippen molar-refractivity contribution in [2.24, 2.45) is 10.7 Å². The van der Waals surface area contributed by atoms with Crippen LogP contribution in [0.15, 0.2) is 80.9 Å². The predicted molar refractivity (Wildman–Crippen MR) is 133 cm³/mol. The summed E-state index contributed by atoms with van der Waals surface area (Å²) >= 11 is 0. The van der Waals surface area contributed by atoms with Crippen molar-refractivity contribution in [3.05, 3.63) is 82.5 Å². The summed E-state index contributed by atoms with van der Waals surface area (Å²) in [5.41, 5.74) is 8.20. The summed E-state index contributed by atoms with van der Waals surface area (Å²) in [5, 5.41) is 0.346. The Morgan fingerprint density at radius 3 is 2.69 bits per heavy atom. The molecule has 178 valence electrons. The Hall–Kier alpha value is -4.30. The van der Waals surface area contributed by atoms with Gasteiger partial charge >= 0.3 is 0 Å². The zero-order chi connectivity index (χ0) is 24.2. The SMILES string of the molecule is COCCC(N)=Nc1ccc2oc(-c3ccc4c(c3)OCO4)c(OCc3ccccc3)c(=O)c2c1. The van der Waals surface area contributed by atoms with E-state index in [1.165, 1.54) is 0 Å². The van der Waals surface area contributed by atoms with Crippen LogP contribution in [-0.4, -0.2) is 26.3 Å². The lowest BCUT2D eigenvalue weighted by molar-refractivity contribution is 0.174. The molecule has 0 fully saturated rings. The molecule has 2 heterocycles. The van der Waals surface area contributed by atoms with Crippen LogP contribution in [0.2, 0.25) is 0 Å². The maximum Gasteiger partial charge on any atom is 0.235 e. The molecule has 8 nitrogen and oxygen atoms in total. The number of nitrogens with zero attached hydrogens (tertiary/aromatic N) is 1. The number of benzene rings is 3. The number of methoxy groups -OCH3 is 1. The highest BCUT2D eigenvalue weighted by Crippen LogP contribution is 2.39. The fraction of sp³-hybridized carbons (Fsp3) is 0.185. The number of nitrogens with two attached hydrogens (primary N) is 1. The van der Waals surface area contributed by atoms with Gasteiger partial charge < -0.3 is 29.1 Å². The van der Waals surface area contributed by atoms with Gasteiger partial charge in [-0.15, -0.1) is 0 Å². The maximum atomic E-state index is 13.6. The number of hydrogen-bond donors (Lipinski definition) is 1. The lowest BCUT2D eigenvalue weighted by Gasteiger charge is -2.12. The van der Waals surface area contributed by atoms with E-state index in [4.69, 9.17) is 29.1 Å². The van der Waals surface area contributed by atoms with Crippen molar-refractivity contribution in [1.29, 1.82) is 0 Å². The second-order valence-electron chi connectivity index (χ2n) is 7.96. The molecule has 1 aliphatic rings. The predicted octanol–water partition coefficient (Wildman–Crippen LogP) is 4.79. The Balaban J connectivity index is 1.60. The standard InChI is InChI=1S/C27H24N2O6/c1-31-12-11-24(28)29-19-8-10-21-20(14-19)25(30)27(32-15-17-5-3-2-4-6-17)26(35-21)18-7-9-22-23(13-18)34-16-33-22/h2-10,13-14H,11-12,15-16H2,1H3,(H2,28,29). The first-order chi connectivity index (χ1) is 17.1. The van der Waals surface area contributed by atoms with Gasteiger partial charge in [0.05, 0.1) is 17.7 Å². The van der Waals surface area contributed by atoms with E-state index in [1.807, 2.05) is 36.4 Å². The Morgan fingerprint density at radius 1 is 1.03 bits per heavy atom. The number of fused-ring (bicyclic) bond motifs is 2. The second kappa shape index (κ2) is 9.90. The van der Waals surface area contributed by atoms with E-state index in [-0.39, 0.29) is 24.6 Å². The van der Waals surface area contributed by atoms with E-state index in [9.17, 15) is 4.79 Å². The maximum absolute atomic E-state index is 13.6. The molecule has 3 aromatic carbocycles. The van der Waals surface area contributed by atoms with E-state index in [0.29, 0.717) is 58.3 Å². The summed E-state index contributed by atoms with van der Waals surface area (Å²) in [4.78, 5) is 18.0. The van der Waals surface area contributed by atoms with Gasteiger partial charge in [-0.2, -0.15) is 0 Å². The first kappa shape index (κ1) is 22.5. The van der Waals surface area contributed by atoms with Crippen LogP contribution in [0.1, 0.15) is 12.0 Å². The summed E-state index contributed by atoms with van der Waals surface area (Å²) in [7, 11) is 1.60. The van der Waals surface area contributed by atoms with Crippen LogP contribution in [0.25, 0.3) is 22.3 Å². The van der Waals surface area contributed by atoms with Crippen molar-refractivity contribution in [1.82, 2.24) is 0 Å². The van der Waals surface area contributed by atoms with Gasteiger partial charge in [-0.1, -0.05) is 30.3 Å². The molecule has 5 rings (SSSR count). The molecule has 0 bridgehead atoms. The third-order valence-corrected chi connectivity index (χ3v) is 5.53. The third-order valence-electron chi connectivity index (χ3n) is 5.53. The van der Waals surface area contributed by atoms with Crippen molar-refractivity contribution in [3.63, 3.8) is 0 Å². The zero-order valence-corrected chi connectivity index (χ0v) is 19.2. The summed E-state index contributed by atoms with van der Waals surface area (Å²) in [6, 6.07) is 20.1. The van der Waals surface area contributed by atoms with Crippen LogP contribution in [-0.2, 0) is 11.3 Å². The van der Waals surface area contributed by atoms with Crippen molar-refractivity contribution in [2.45, 2.75) is 13.0 Å². The fourth-order valence-corrected chi connectivity index (χ4v) is 3.75. The Labute approximate surface area is 201 Å². The molecule has 35 heavy (non-hydrogen) atoms. The molecule has 0 aliphatic carbocycles. The lowest BCUT2D eigenvalue weighted by atomic mass is 10.1. The minimum Gasteiger partial charge on any atom is -0.481 e. The normalized spacial score (nSPS) is 12.8. The number of ether oxygens (including phenoxy) is 4. The van der Waals surface area contributed by atoms with Gasteiger partial charge in [0.2, 0.25) is 18.0 Å². The van der Waals surface area contributed by atoms with Gasteiger partial charge in [0.15, 0.2) is 17.3 Å². The average molecular weight is 472 g/mol. The van der Waals surface area contributed by atoms with Crippen LogP contribution in [0, 0.1) is 0 Å². The zero-order valence-electron chi connectivity index (χ0n) is 19.2. The number of aliphatic imine (C=N–C) groups is 1. The molecule has 0 radical (unpaired) electrons. The number of amidine groups is 1. The van der Waals surface area contributed by atoms with Crippen molar-refractivity contribution in [2.75, 3.05) is 20.5 Å². The van der Waals surface area contributed by atoms with E-state index >= 15 is 0 Å². The van der Waals surface area contributed by atoms with E-state index in [2.05, 4.69) is 4.99 Å². The fourth-order valence-electron chi connectivity index (χ4n) is 3.75. The molecule has 0 amide bonds. The number of hydrogen-bond acceptors (Lipinski definition) is 7. The van der Waals surface area contributed by atoms with Gasteiger partial charge in [-0.25, -0.2) is 4.99 Å². The number of rotatable bonds is 8. The van der Waals surface area contributed by atoms with Gasteiger partial charge in [-0.05, 0) is 42.0 Å². The molecule has 1 aromatic heterocycles. The van der Waals surface area contributed by atoms with Crippen molar-refractivity contribution in [3.8, 4) is 28.6 Å². The van der Waals surface area contributed by atoms with E-state index in [1.54, 1.807) is 37.4 Å². The molecule has 0 saturated heterocycles. The molecule has 0 unspecified atom stereocenters. The molecular weight excluding hydrogens is 448 g/mol. The molecule has 0 atom stereocenters. The summed E-state index contributed by atoms with van der Waals surface area (Å²) in [5.74, 6) is 2.04. The van der Waals surface area contributed by atoms with Gasteiger partial charge in [0.25, 0.3) is 0 Å². The van der Waals surface area contributed by atoms with E-state index < -0.39 is 0 Å². The molecule has 0 saturated carbocycles. The van der Waals surface area contributed by atoms with Crippen LogP contribution in [0.3, 0.4) is 0 Å². The Morgan fingerprint density at radius 2 is 1.86 bits per heavy atom. The van der Waals surface area contributed by atoms with Crippen LogP contribution in [0.4, 0.5) is 5.69 Å². The first-order valence-electron chi connectivity index (χ1n) is 11.1. The van der Waals surface area contributed by atoms with Crippen molar-refractivity contribution < 1.29 is 23.4 Å². The van der Waals surface area contributed by atoms with Crippen LogP contribution in [0.5, 0.6) is 17.2 Å². The van der Waals surface area contributed by atoms with Gasteiger partial charge in [0, 0.05) is 19.1 Å². The third kappa shape index (κ3) is 4.83. The largest absolute Gasteiger partial charge is 0.481 e. The molecule has 4 aromatic rings. The molecule has 2 N–H and O–H groups in total. The quantitative estimate of drug-likeness (QED) is 0.290. The molecule has 8 heteroatoms. The van der Waals surface area contributed by atoms with Gasteiger partial charge in [-0.3, -0.25) is 4.79 Å². The summed E-state index contributed by atoms with van der Waals surface area (Å²) in [6.45, 7) is 0.812. The minimum absolute atomic E-state index is 0.105. The molecule has 0 spiro atoms. The molecular formula is C27H24N2O6. The average Bonchev–Trinajstić information content (AvgIpc) is 3.36. The second-order valence-corrected chi connectivity index (χ2v) is 7.96. The van der Waals surface area contributed by atoms with Crippen LogP contribution < -0.4 is 25.4 Å². The highest BCUT2D eigenvalue weighted by molar-refractivity contribution is 5.88. The van der Waals surface area contributed by atoms with Crippen molar-refractivity contribution >= 4 is 22.5 Å². The summed E-state index contributed by atoms with van der Waals surface area (Å²) < 4.78 is 28.2. The minimum atomic E-state index is -0.303.